The molecule has 3 aromatic rings. The van der Waals surface area contributed by atoms with Crippen LogP contribution in [-0.2, 0) is 9.84 Å². The van der Waals surface area contributed by atoms with Crippen LogP contribution >= 0.6 is 15.9 Å². The normalized spacial score (nSPS) is 21.0. The fourth-order valence-electron chi connectivity index (χ4n) is 2.94. The SMILES string of the molecule is CC1C(N)=N[C@H](c2cc(Nc3ncnc4cc(Br)cnc34)ncc2F)CS1(=O)=O. The van der Waals surface area contributed by atoms with Crippen LogP contribution in [0.1, 0.15) is 18.5 Å². The fraction of sp³-hybridized carbons (Fsp3) is 0.235. The number of nitrogens with two attached hydrogens (primary N) is 1. The monoisotopic (exact) mass is 479 g/mol. The summed E-state index contributed by atoms with van der Waals surface area (Å²) in [6.07, 6.45) is 3.97. The Kier molecular flexibility index (Phi) is 4.90. The summed E-state index contributed by atoms with van der Waals surface area (Å²) in [5, 5.41) is 2.09. The van der Waals surface area contributed by atoms with E-state index in [4.69, 9.17) is 5.73 Å². The average Bonchev–Trinajstić information content (AvgIpc) is 2.67. The van der Waals surface area contributed by atoms with Crippen LogP contribution in [0.15, 0.2) is 40.3 Å². The Morgan fingerprint density at radius 3 is 2.76 bits per heavy atom. The molecule has 0 amide bonds. The zero-order valence-electron chi connectivity index (χ0n) is 15.0. The summed E-state index contributed by atoms with van der Waals surface area (Å²) in [6.45, 7) is 1.46. The number of hydrogen-bond acceptors (Lipinski definition) is 9. The molecule has 4 heterocycles. The van der Waals surface area contributed by atoms with Crippen molar-refractivity contribution in [2.75, 3.05) is 11.1 Å². The lowest BCUT2D eigenvalue weighted by molar-refractivity contribution is 0.565. The van der Waals surface area contributed by atoms with E-state index in [-0.39, 0.29) is 23.0 Å². The van der Waals surface area contributed by atoms with Gasteiger partial charge in [0.15, 0.2) is 15.7 Å². The maximum absolute atomic E-state index is 14.4. The molecule has 1 aliphatic rings. The number of rotatable bonds is 3. The Balaban J connectivity index is 1.72. The van der Waals surface area contributed by atoms with E-state index < -0.39 is 26.9 Å². The molecule has 0 radical (unpaired) electrons. The molecule has 0 spiro atoms. The molecule has 150 valence electrons. The molecule has 29 heavy (non-hydrogen) atoms. The van der Waals surface area contributed by atoms with Gasteiger partial charge in [0, 0.05) is 16.2 Å². The van der Waals surface area contributed by atoms with Crippen LogP contribution in [0.25, 0.3) is 11.0 Å². The van der Waals surface area contributed by atoms with E-state index in [9.17, 15) is 12.8 Å². The van der Waals surface area contributed by atoms with Crippen LogP contribution < -0.4 is 11.1 Å². The smallest absolute Gasteiger partial charge is 0.162 e. The average molecular weight is 480 g/mol. The van der Waals surface area contributed by atoms with Gasteiger partial charge in [-0.05, 0) is 35.0 Å². The van der Waals surface area contributed by atoms with Gasteiger partial charge in [-0.2, -0.15) is 0 Å². The molecule has 0 aliphatic carbocycles. The first-order valence-electron chi connectivity index (χ1n) is 8.48. The van der Waals surface area contributed by atoms with Gasteiger partial charge in [-0.3, -0.25) is 4.99 Å². The molecular weight excluding hydrogens is 465 g/mol. The van der Waals surface area contributed by atoms with Crippen molar-refractivity contribution in [2.24, 2.45) is 10.7 Å². The number of nitrogens with one attached hydrogen (secondary N) is 1. The van der Waals surface area contributed by atoms with Crippen molar-refractivity contribution in [1.29, 1.82) is 0 Å². The summed E-state index contributed by atoms with van der Waals surface area (Å²) >= 11 is 3.33. The molecule has 3 N–H and O–H groups in total. The zero-order chi connectivity index (χ0) is 20.8. The fourth-order valence-corrected chi connectivity index (χ4v) is 4.67. The minimum absolute atomic E-state index is 0.0384. The van der Waals surface area contributed by atoms with Crippen molar-refractivity contribution in [1.82, 2.24) is 19.9 Å². The molecule has 3 aromatic heterocycles. The van der Waals surface area contributed by atoms with Crippen LogP contribution in [0.2, 0.25) is 0 Å². The van der Waals surface area contributed by atoms with E-state index in [1.807, 2.05) is 0 Å². The molecule has 0 saturated heterocycles. The van der Waals surface area contributed by atoms with Gasteiger partial charge in [0.2, 0.25) is 0 Å². The van der Waals surface area contributed by atoms with Crippen molar-refractivity contribution in [2.45, 2.75) is 18.2 Å². The van der Waals surface area contributed by atoms with Gasteiger partial charge in [-0.15, -0.1) is 0 Å². The topological polar surface area (TPSA) is 136 Å². The lowest BCUT2D eigenvalue weighted by atomic mass is 10.1. The van der Waals surface area contributed by atoms with Crippen molar-refractivity contribution in [3.63, 3.8) is 0 Å². The van der Waals surface area contributed by atoms with Gasteiger partial charge in [-0.1, -0.05) is 0 Å². The molecule has 4 rings (SSSR count). The Morgan fingerprint density at radius 1 is 1.21 bits per heavy atom. The largest absolute Gasteiger partial charge is 0.386 e. The third kappa shape index (κ3) is 3.77. The molecular formula is C17H15BrFN7O2S. The quantitative estimate of drug-likeness (QED) is 0.583. The lowest BCUT2D eigenvalue weighted by Gasteiger charge is -2.24. The van der Waals surface area contributed by atoms with Gasteiger partial charge >= 0.3 is 0 Å². The molecule has 1 unspecified atom stereocenters. The highest BCUT2D eigenvalue weighted by Gasteiger charge is 2.35. The lowest BCUT2D eigenvalue weighted by Crippen LogP contribution is -2.40. The second kappa shape index (κ2) is 7.26. The maximum atomic E-state index is 14.4. The number of aromatic nitrogens is 4. The standard InChI is InChI=1S/C17H15BrFN7O2S/c1-8-16(20)25-13(6-29(8,27)28)10-3-14(21-5-11(10)19)26-17-15-12(23-7-24-17)2-9(18)4-22-15/h2-5,7-8,13H,6H2,1H3,(H2,20,25)(H,21,23,24,26)/t8?,13-/m0/s1. The van der Waals surface area contributed by atoms with Crippen molar-refractivity contribution in [3.8, 4) is 0 Å². The number of hydrogen-bond donors (Lipinski definition) is 2. The molecule has 2 atom stereocenters. The van der Waals surface area contributed by atoms with E-state index in [2.05, 4.69) is 46.2 Å². The predicted molar refractivity (Wildman–Crippen MR) is 110 cm³/mol. The molecule has 9 nitrogen and oxygen atoms in total. The molecule has 12 heteroatoms. The summed E-state index contributed by atoms with van der Waals surface area (Å²) in [4.78, 5) is 20.8. The minimum Gasteiger partial charge on any atom is -0.386 e. The minimum atomic E-state index is -3.53. The Hall–Kier alpha value is -2.73. The van der Waals surface area contributed by atoms with Crippen molar-refractivity contribution < 1.29 is 12.8 Å². The van der Waals surface area contributed by atoms with Crippen LogP contribution in [-0.4, -0.2) is 45.2 Å². The first kappa shape index (κ1) is 19.6. The van der Waals surface area contributed by atoms with Crippen LogP contribution in [0.3, 0.4) is 0 Å². The molecule has 0 bridgehead atoms. The number of amidine groups is 1. The van der Waals surface area contributed by atoms with Gasteiger partial charge in [0.1, 0.15) is 34.6 Å². The number of anilines is 2. The summed E-state index contributed by atoms with van der Waals surface area (Å²) < 4.78 is 39.8. The number of aliphatic imine (C=N–C) groups is 1. The number of fused-ring (bicyclic) bond motifs is 1. The van der Waals surface area contributed by atoms with Gasteiger partial charge in [0.25, 0.3) is 0 Å². The van der Waals surface area contributed by atoms with Crippen LogP contribution in [0, 0.1) is 5.82 Å². The second-order valence-corrected chi connectivity index (χ2v) is 9.78. The highest BCUT2D eigenvalue weighted by atomic mass is 79.9. The first-order chi connectivity index (χ1) is 13.7. The predicted octanol–water partition coefficient (Wildman–Crippen LogP) is 2.28. The second-order valence-electron chi connectivity index (χ2n) is 6.50. The number of sulfone groups is 1. The van der Waals surface area contributed by atoms with Crippen molar-refractivity contribution in [3.05, 3.63) is 46.7 Å². The Labute approximate surface area is 173 Å². The van der Waals surface area contributed by atoms with E-state index in [0.717, 1.165) is 10.7 Å². The highest BCUT2D eigenvalue weighted by molar-refractivity contribution is 9.10. The summed E-state index contributed by atoms with van der Waals surface area (Å²) in [6, 6.07) is 2.23. The first-order valence-corrected chi connectivity index (χ1v) is 11.0. The van der Waals surface area contributed by atoms with Crippen LogP contribution in [0.4, 0.5) is 16.0 Å². The number of nitrogens with zero attached hydrogens (tertiary/aromatic N) is 5. The van der Waals surface area contributed by atoms with E-state index in [0.29, 0.717) is 16.9 Å². The van der Waals surface area contributed by atoms with Crippen LogP contribution in [0.5, 0.6) is 0 Å². The highest BCUT2D eigenvalue weighted by Crippen LogP contribution is 2.30. The Morgan fingerprint density at radius 2 is 2.00 bits per heavy atom. The van der Waals surface area contributed by atoms with E-state index >= 15 is 0 Å². The third-order valence-corrected chi connectivity index (χ3v) is 7.12. The maximum Gasteiger partial charge on any atom is 0.162 e. The Bertz CT molecular complexity index is 1250. The molecule has 1 aliphatic heterocycles. The molecule has 0 saturated carbocycles. The van der Waals surface area contributed by atoms with E-state index in [1.54, 1.807) is 12.3 Å². The molecule has 0 fully saturated rings. The summed E-state index contributed by atoms with van der Waals surface area (Å²) in [5.74, 6) is -0.405. The molecule has 0 aromatic carbocycles. The van der Waals surface area contributed by atoms with Gasteiger partial charge in [0.05, 0.1) is 23.5 Å². The number of halogens is 2. The summed E-state index contributed by atoms with van der Waals surface area (Å²) in [7, 11) is -3.53. The zero-order valence-corrected chi connectivity index (χ0v) is 17.4. The van der Waals surface area contributed by atoms with E-state index in [1.165, 1.54) is 19.3 Å². The number of pyridine rings is 2. The van der Waals surface area contributed by atoms with Gasteiger partial charge < -0.3 is 11.1 Å². The third-order valence-electron chi connectivity index (χ3n) is 4.58. The summed E-state index contributed by atoms with van der Waals surface area (Å²) in [5.41, 5.74) is 6.94. The van der Waals surface area contributed by atoms with Gasteiger partial charge in [-0.25, -0.2) is 32.7 Å². The van der Waals surface area contributed by atoms with Crippen molar-refractivity contribution >= 4 is 54.3 Å².